The van der Waals surface area contributed by atoms with Crippen LogP contribution in [0.15, 0.2) is 61.1 Å². The Hall–Kier alpha value is -3.92. The standard InChI is InChI=1S/C21H16FN7OS/c1-13-19(31-21-25-18(11-28(13)21)14-5-7-16(22)8-6-14)10-23-20(30)15-3-2-4-17(9-15)29-12-24-26-27-29/h2-9,11-12H,10H2,1H3,(H,23,30). The molecule has 0 aliphatic heterocycles. The van der Waals surface area contributed by atoms with Crippen LogP contribution in [0.25, 0.3) is 21.9 Å². The van der Waals surface area contributed by atoms with Gasteiger partial charge in [-0.3, -0.25) is 9.20 Å². The lowest BCUT2D eigenvalue weighted by atomic mass is 10.2. The van der Waals surface area contributed by atoms with Crippen LogP contribution in [0.4, 0.5) is 4.39 Å². The highest BCUT2D eigenvalue weighted by atomic mass is 32.1. The molecule has 1 amide bonds. The van der Waals surface area contributed by atoms with Gasteiger partial charge in [-0.15, -0.1) is 5.10 Å². The van der Waals surface area contributed by atoms with E-state index in [0.717, 1.165) is 26.8 Å². The van der Waals surface area contributed by atoms with Crippen molar-refractivity contribution in [1.29, 1.82) is 0 Å². The molecule has 10 heteroatoms. The van der Waals surface area contributed by atoms with Gasteiger partial charge in [-0.1, -0.05) is 17.4 Å². The van der Waals surface area contributed by atoms with E-state index in [4.69, 9.17) is 0 Å². The van der Waals surface area contributed by atoms with E-state index in [1.807, 2.05) is 23.6 Å². The summed E-state index contributed by atoms with van der Waals surface area (Å²) < 4.78 is 16.6. The summed E-state index contributed by atoms with van der Waals surface area (Å²) >= 11 is 1.51. The van der Waals surface area contributed by atoms with E-state index in [1.165, 1.54) is 34.5 Å². The highest BCUT2D eigenvalue weighted by molar-refractivity contribution is 7.17. The molecule has 0 bridgehead atoms. The minimum absolute atomic E-state index is 0.188. The summed E-state index contributed by atoms with van der Waals surface area (Å²) in [5.74, 6) is -0.463. The number of aromatic nitrogens is 6. The predicted molar refractivity (Wildman–Crippen MR) is 114 cm³/mol. The summed E-state index contributed by atoms with van der Waals surface area (Å²) in [6, 6.07) is 13.3. The number of imidazole rings is 1. The number of benzene rings is 2. The predicted octanol–water partition coefficient (Wildman–Crippen LogP) is 3.42. The molecule has 2 aromatic carbocycles. The number of hydrogen-bond acceptors (Lipinski definition) is 6. The Balaban J connectivity index is 1.32. The molecule has 0 saturated heterocycles. The first-order valence-corrected chi connectivity index (χ1v) is 10.2. The molecule has 154 valence electrons. The molecule has 1 N–H and O–H groups in total. The van der Waals surface area contributed by atoms with Crippen LogP contribution >= 0.6 is 11.3 Å². The van der Waals surface area contributed by atoms with Gasteiger partial charge in [-0.25, -0.2) is 14.1 Å². The second kappa shape index (κ2) is 7.73. The van der Waals surface area contributed by atoms with Crippen molar-refractivity contribution in [2.75, 3.05) is 0 Å². The Bertz CT molecular complexity index is 1370. The van der Waals surface area contributed by atoms with E-state index in [1.54, 1.807) is 30.3 Å². The quantitative estimate of drug-likeness (QED) is 0.459. The molecule has 0 spiro atoms. The smallest absolute Gasteiger partial charge is 0.251 e. The van der Waals surface area contributed by atoms with Crippen molar-refractivity contribution < 1.29 is 9.18 Å². The third-order valence-corrected chi connectivity index (χ3v) is 6.08. The number of tetrazole rings is 1. The van der Waals surface area contributed by atoms with Crippen LogP contribution in [0, 0.1) is 12.7 Å². The van der Waals surface area contributed by atoms with E-state index >= 15 is 0 Å². The van der Waals surface area contributed by atoms with Crippen molar-refractivity contribution in [3.05, 3.63) is 83.0 Å². The van der Waals surface area contributed by atoms with E-state index in [0.29, 0.717) is 17.8 Å². The molecule has 31 heavy (non-hydrogen) atoms. The van der Waals surface area contributed by atoms with Gasteiger partial charge in [0.05, 0.1) is 17.9 Å². The highest BCUT2D eigenvalue weighted by Crippen LogP contribution is 2.27. The molecule has 8 nitrogen and oxygen atoms in total. The molecule has 0 radical (unpaired) electrons. The number of halogens is 1. The van der Waals surface area contributed by atoms with Crippen LogP contribution in [0.3, 0.4) is 0 Å². The maximum Gasteiger partial charge on any atom is 0.251 e. The molecule has 0 saturated carbocycles. The third-order valence-electron chi connectivity index (χ3n) is 4.92. The molecule has 0 aliphatic carbocycles. The third kappa shape index (κ3) is 3.68. The summed E-state index contributed by atoms with van der Waals surface area (Å²) in [6.07, 6.45) is 3.40. The number of rotatable bonds is 5. The molecular weight excluding hydrogens is 417 g/mol. The van der Waals surface area contributed by atoms with Crippen molar-refractivity contribution in [2.24, 2.45) is 0 Å². The van der Waals surface area contributed by atoms with Gasteiger partial charge >= 0.3 is 0 Å². The first-order chi connectivity index (χ1) is 15.1. The fraction of sp³-hybridized carbons (Fsp3) is 0.0952. The Morgan fingerprint density at radius 1 is 1.19 bits per heavy atom. The monoisotopic (exact) mass is 433 g/mol. The van der Waals surface area contributed by atoms with E-state index < -0.39 is 0 Å². The van der Waals surface area contributed by atoms with Gasteiger partial charge in [0.2, 0.25) is 0 Å². The van der Waals surface area contributed by atoms with Crippen molar-refractivity contribution in [3.63, 3.8) is 0 Å². The zero-order valence-corrected chi connectivity index (χ0v) is 17.2. The average Bonchev–Trinajstić information content (AvgIpc) is 3.52. The Morgan fingerprint density at radius 3 is 2.77 bits per heavy atom. The number of carbonyl (C=O) groups excluding carboxylic acids is 1. The Kier molecular flexibility index (Phi) is 4.75. The lowest BCUT2D eigenvalue weighted by Gasteiger charge is -2.06. The topological polar surface area (TPSA) is 90.0 Å². The van der Waals surface area contributed by atoms with Gasteiger partial charge in [0.25, 0.3) is 5.91 Å². The second-order valence-electron chi connectivity index (χ2n) is 6.88. The lowest BCUT2D eigenvalue weighted by Crippen LogP contribution is -2.22. The van der Waals surface area contributed by atoms with Gasteiger partial charge in [-0.05, 0) is 59.8 Å². The Labute approximate surface area is 180 Å². The van der Waals surface area contributed by atoms with Crippen molar-refractivity contribution in [2.45, 2.75) is 13.5 Å². The van der Waals surface area contributed by atoms with Crippen LogP contribution in [0.1, 0.15) is 20.9 Å². The van der Waals surface area contributed by atoms with Crippen LogP contribution in [0.2, 0.25) is 0 Å². The zero-order valence-electron chi connectivity index (χ0n) is 16.4. The molecular formula is C21H16FN7OS. The summed E-state index contributed by atoms with van der Waals surface area (Å²) in [7, 11) is 0. The molecule has 5 rings (SSSR count). The molecule has 3 heterocycles. The highest BCUT2D eigenvalue weighted by Gasteiger charge is 2.14. The van der Waals surface area contributed by atoms with Crippen molar-refractivity contribution >= 4 is 22.2 Å². The molecule has 0 fully saturated rings. The molecule has 0 unspecified atom stereocenters. The van der Waals surface area contributed by atoms with E-state index in [-0.39, 0.29) is 11.7 Å². The van der Waals surface area contributed by atoms with E-state index in [9.17, 15) is 9.18 Å². The number of thiazole rings is 1. The number of aryl methyl sites for hydroxylation is 1. The van der Waals surface area contributed by atoms with Crippen LogP contribution in [-0.2, 0) is 6.54 Å². The maximum absolute atomic E-state index is 13.2. The number of hydrogen-bond donors (Lipinski definition) is 1. The zero-order chi connectivity index (χ0) is 21.4. The fourth-order valence-corrected chi connectivity index (χ4v) is 4.29. The molecule has 5 aromatic rings. The van der Waals surface area contributed by atoms with Crippen molar-refractivity contribution in [3.8, 4) is 16.9 Å². The first kappa shape index (κ1) is 19.1. The minimum Gasteiger partial charge on any atom is -0.347 e. The Morgan fingerprint density at radius 2 is 2.03 bits per heavy atom. The van der Waals surface area contributed by atoms with Crippen LogP contribution in [-0.4, -0.2) is 35.5 Å². The molecule has 0 aliphatic rings. The SMILES string of the molecule is Cc1c(CNC(=O)c2cccc(-n3cnnn3)c2)sc2nc(-c3ccc(F)cc3)cn12. The summed E-state index contributed by atoms with van der Waals surface area (Å²) in [5.41, 5.74) is 3.87. The van der Waals surface area contributed by atoms with Gasteiger partial charge in [-0.2, -0.15) is 0 Å². The van der Waals surface area contributed by atoms with Gasteiger partial charge in [0.1, 0.15) is 12.1 Å². The minimum atomic E-state index is -0.275. The number of carbonyl (C=O) groups is 1. The normalized spacial score (nSPS) is 11.2. The maximum atomic E-state index is 13.2. The molecule has 0 atom stereocenters. The first-order valence-electron chi connectivity index (χ1n) is 9.43. The molecule has 3 aromatic heterocycles. The largest absolute Gasteiger partial charge is 0.347 e. The fourth-order valence-electron chi connectivity index (χ4n) is 3.25. The summed E-state index contributed by atoms with van der Waals surface area (Å²) in [5, 5.41) is 14.0. The average molecular weight is 433 g/mol. The van der Waals surface area contributed by atoms with Crippen LogP contribution in [0.5, 0.6) is 0 Å². The van der Waals surface area contributed by atoms with E-state index in [2.05, 4.69) is 25.8 Å². The lowest BCUT2D eigenvalue weighted by molar-refractivity contribution is 0.0951. The second-order valence-corrected chi connectivity index (χ2v) is 7.95. The summed E-state index contributed by atoms with van der Waals surface area (Å²) in [6.45, 7) is 2.37. The van der Waals surface area contributed by atoms with Gasteiger partial charge in [0.15, 0.2) is 4.96 Å². The van der Waals surface area contributed by atoms with Crippen LogP contribution < -0.4 is 5.32 Å². The van der Waals surface area contributed by atoms with Gasteiger partial charge < -0.3 is 5.32 Å². The number of nitrogens with one attached hydrogen (secondary N) is 1. The summed E-state index contributed by atoms with van der Waals surface area (Å²) in [4.78, 5) is 19.1. The van der Waals surface area contributed by atoms with Gasteiger partial charge in [0, 0.05) is 27.9 Å². The number of amides is 1. The number of nitrogens with zero attached hydrogens (tertiary/aromatic N) is 6. The number of fused-ring (bicyclic) bond motifs is 1. The van der Waals surface area contributed by atoms with Crippen molar-refractivity contribution in [1.82, 2.24) is 34.9 Å².